The summed E-state index contributed by atoms with van der Waals surface area (Å²) >= 11 is 5.94. The lowest BCUT2D eigenvalue weighted by molar-refractivity contribution is -0.142. The number of esters is 1. The maximum Gasteiger partial charge on any atom is 0.305 e. The fraction of sp³-hybridized carbons (Fsp3) is 0.667. The van der Waals surface area contributed by atoms with Crippen LogP contribution in [-0.2, 0) is 9.53 Å². The zero-order valence-electron chi connectivity index (χ0n) is 6.13. The van der Waals surface area contributed by atoms with Gasteiger partial charge < -0.3 is 4.74 Å². The molecule has 0 aliphatic heterocycles. The van der Waals surface area contributed by atoms with Gasteiger partial charge in [-0.1, -0.05) is 18.7 Å². The van der Waals surface area contributed by atoms with E-state index in [0.717, 1.165) is 11.8 Å². The Morgan fingerprint density at radius 3 is 2.64 bits per heavy atom. The fourth-order valence-corrected chi connectivity index (χ4v) is 0.938. The highest BCUT2D eigenvalue weighted by Gasteiger charge is 1.99. The number of carbonyl (C=O) groups excluding carboxylic acids is 2. The molecule has 0 rings (SSSR count). The van der Waals surface area contributed by atoms with Crippen LogP contribution in [0.15, 0.2) is 0 Å². The van der Waals surface area contributed by atoms with Gasteiger partial charge >= 0.3 is 5.97 Å². The van der Waals surface area contributed by atoms with Crippen LogP contribution in [0.1, 0.15) is 13.3 Å². The van der Waals surface area contributed by atoms with Gasteiger partial charge in [-0.05, 0) is 11.6 Å². The third kappa shape index (κ3) is 7.68. The van der Waals surface area contributed by atoms with Crippen molar-refractivity contribution in [2.24, 2.45) is 0 Å². The summed E-state index contributed by atoms with van der Waals surface area (Å²) in [7, 11) is 0. The van der Waals surface area contributed by atoms with Gasteiger partial charge in [0.05, 0.1) is 0 Å². The first-order valence-electron chi connectivity index (χ1n) is 3.14. The van der Waals surface area contributed by atoms with Crippen molar-refractivity contribution in [1.29, 1.82) is 0 Å². The van der Waals surface area contributed by atoms with Gasteiger partial charge in [0.2, 0.25) is 0 Å². The largest absolute Gasteiger partial charge is 0.465 e. The van der Waals surface area contributed by atoms with E-state index in [4.69, 9.17) is 11.6 Å². The van der Waals surface area contributed by atoms with Crippen LogP contribution in [0.3, 0.4) is 0 Å². The molecule has 0 unspecified atom stereocenters. The third-order valence-corrected chi connectivity index (χ3v) is 1.78. The molecule has 0 saturated heterocycles. The molecule has 0 heterocycles. The van der Waals surface area contributed by atoms with Gasteiger partial charge in [0.15, 0.2) is 0 Å². The fourth-order valence-electron chi connectivity index (χ4n) is 0.379. The number of carbonyl (C=O) groups is 2. The van der Waals surface area contributed by atoms with Crippen LogP contribution in [0, 0.1) is 0 Å². The maximum atomic E-state index is 10.5. The molecule has 0 aromatic carbocycles. The Bertz CT molecular complexity index is 149. The van der Waals surface area contributed by atoms with Gasteiger partial charge in [0, 0.05) is 12.2 Å². The Balaban J connectivity index is 3.14. The number of hydrogen-bond donors (Lipinski definition) is 0. The average Bonchev–Trinajstić information content (AvgIpc) is 1.97. The van der Waals surface area contributed by atoms with Crippen LogP contribution < -0.4 is 0 Å². The number of halogens is 1. The Labute approximate surface area is 74.4 Å². The summed E-state index contributed by atoms with van der Waals surface area (Å²) in [6.07, 6.45) is 0.361. The van der Waals surface area contributed by atoms with Crippen LogP contribution in [0.5, 0.6) is 0 Å². The normalized spacial score (nSPS) is 9.27. The lowest BCUT2D eigenvalue weighted by atomic mass is 10.5. The van der Waals surface area contributed by atoms with E-state index in [-0.39, 0.29) is 12.6 Å². The molecule has 5 heteroatoms. The summed E-state index contributed by atoms with van der Waals surface area (Å²) in [6, 6.07) is 0. The van der Waals surface area contributed by atoms with Gasteiger partial charge in [-0.15, -0.1) is 0 Å². The molecule has 0 atom stereocenters. The average molecular weight is 197 g/mol. The van der Waals surface area contributed by atoms with E-state index in [2.05, 4.69) is 4.74 Å². The summed E-state index contributed by atoms with van der Waals surface area (Å²) in [6.45, 7) is 1.96. The molecule has 0 aromatic heterocycles. The topological polar surface area (TPSA) is 43.4 Å². The van der Waals surface area contributed by atoms with Crippen molar-refractivity contribution in [2.45, 2.75) is 13.3 Å². The minimum atomic E-state index is -0.474. The molecule has 3 nitrogen and oxygen atoms in total. The summed E-state index contributed by atoms with van der Waals surface area (Å²) in [4.78, 5) is 20.7. The zero-order chi connectivity index (χ0) is 8.69. The molecule has 0 aromatic rings. The van der Waals surface area contributed by atoms with Crippen LogP contribution in [0.2, 0.25) is 0 Å². The van der Waals surface area contributed by atoms with Crippen LogP contribution in [0.4, 0.5) is 4.79 Å². The molecule has 0 spiro atoms. The van der Waals surface area contributed by atoms with Gasteiger partial charge in [-0.3, -0.25) is 9.59 Å². The molecule has 0 bridgehead atoms. The summed E-state index contributed by atoms with van der Waals surface area (Å²) < 4.78 is 4.20. The highest BCUT2D eigenvalue weighted by Crippen LogP contribution is 2.06. The molecule has 11 heavy (non-hydrogen) atoms. The summed E-state index contributed by atoms with van der Waals surface area (Å²) in [5, 5.41) is 0. The van der Waals surface area contributed by atoms with Crippen molar-refractivity contribution in [3.05, 3.63) is 0 Å². The van der Waals surface area contributed by atoms with E-state index >= 15 is 0 Å². The van der Waals surface area contributed by atoms with Gasteiger partial charge in [-0.2, -0.15) is 0 Å². The molecule has 0 aliphatic rings. The zero-order valence-corrected chi connectivity index (χ0v) is 7.70. The second kappa shape index (κ2) is 6.49. The van der Waals surface area contributed by atoms with Gasteiger partial charge in [0.25, 0.3) is 4.57 Å². The van der Waals surface area contributed by atoms with Gasteiger partial charge in [-0.25, -0.2) is 0 Å². The van der Waals surface area contributed by atoms with E-state index in [0.29, 0.717) is 12.2 Å². The van der Waals surface area contributed by atoms with E-state index in [1.54, 1.807) is 6.92 Å². The van der Waals surface area contributed by atoms with Crippen LogP contribution in [0.25, 0.3) is 0 Å². The number of ether oxygens (including phenoxy) is 1. The Hall–Kier alpha value is -0.220. The minimum Gasteiger partial charge on any atom is -0.465 e. The highest BCUT2D eigenvalue weighted by atomic mass is 35.5. The van der Waals surface area contributed by atoms with Crippen molar-refractivity contribution < 1.29 is 14.3 Å². The smallest absolute Gasteiger partial charge is 0.305 e. The van der Waals surface area contributed by atoms with Crippen molar-refractivity contribution >= 4 is 33.9 Å². The SMILES string of the molecule is CCC(=O)OCCSC(=O)Cl. The Morgan fingerprint density at radius 1 is 1.55 bits per heavy atom. The van der Waals surface area contributed by atoms with E-state index in [1.165, 1.54) is 0 Å². The molecule has 0 amide bonds. The molecule has 0 radical (unpaired) electrons. The van der Waals surface area contributed by atoms with Crippen molar-refractivity contribution in [2.75, 3.05) is 12.4 Å². The lowest BCUT2D eigenvalue weighted by Gasteiger charge is -1.99. The van der Waals surface area contributed by atoms with Gasteiger partial charge in [0.1, 0.15) is 6.61 Å². The van der Waals surface area contributed by atoms with Crippen molar-refractivity contribution in [3.63, 3.8) is 0 Å². The Morgan fingerprint density at radius 2 is 2.18 bits per heavy atom. The third-order valence-electron chi connectivity index (χ3n) is 0.851. The molecule has 0 saturated carbocycles. The minimum absolute atomic E-state index is 0.246. The monoisotopic (exact) mass is 196 g/mol. The first kappa shape index (κ1) is 10.8. The standard InChI is InChI=1S/C6H9ClO3S/c1-2-5(8)10-3-4-11-6(7)9/h2-4H2,1H3. The summed E-state index contributed by atoms with van der Waals surface area (Å²) in [5.41, 5.74) is 0. The van der Waals surface area contributed by atoms with Crippen molar-refractivity contribution in [3.8, 4) is 0 Å². The molecular weight excluding hydrogens is 188 g/mol. The second-order valence-corrected chi connectivity index (χ2v) is 3.30. The predicted octanol–water partition coefficient (Wildman–Crippen LogP) is 2.03. The van der Waals surface area contributed by atoms with Crippen LogP contribution in [-0.4, -0.2) is 22.9 Å². The van der Waals surface area contributed by atoms with E-state index < -0.39 is 4.57 Å². The first-order chi connectivity index (χ1) is 5.16. The highest BCUT2D eigenvalue weighted by molar-refractivity contribution is 8.16. The van der Waals surface area contributed by atoms with Crippen molar-refractivity contribution in [1.82, 2.24) is 0 Å². The quantitative estimate of drug-likeness (QED) is 0.392. The van der Waals surface area contributed by atoms with Crippen LogP contribution >= 0.6 is 23.4 Å². The summed E-state index contributed by atoms with van der Waals surface area (Å²) in [5.74, 6) is 0.168. The molecular formula is C6H9ClO3S. The van der Waals surface area contributed by atoms with E-state index in [1.807, 2.05) is 0 Å². The lowest BCUT2D eigenvalue weighted by Crippen LogP contribution is -2.05. The second-order valence-electron chi connectivity index (χ2n) is 1.66. The number of thioether (sulfide) groups is 1. The predicted molar refractivity (Wildman–Crippen MR) is 45.0 cm³/mol. The first-order valence-corrected chi connectivity index (χ1v) is 4.51. The number of hydrogen-bond acceptors (Lipinski definition) is 4. The molecule has 0 aliphatic carbocycles. The molecule has 64 valence electrons. The Kier molecular flexibility index (Phi) is 6.36. The number of rotatable bonds is 4. The van der Waals surface area contributed by atoms with E-state index in [9.17, 15) is 9.59 Å². The maximum absolute atomic E-state index is 10.5. The molecule has 0 fully saturated rings. The molecule has 0 N–H and O–H groups in total.